The predicted octanol–water partition coefficient (Wildman–Crippen LogP) is 5.34. The molecule has 26 heavy (non-hydrogen) atoms. The van der Waals surface area contributed by atoms with Gasteiger partial charge in [-0.15, -0.1) is 11.3 Å². The molecule has 2 aromatic carbocycles. The van der Waals surface area contributed by atoms with E-state index in [4.69, 9.17) is 11.6 Å². The van der Waals surface area contributed by atoms with E-state index < -0.39 is 0 Å². The van der Waals surface area contributed by atoms with E-state index >= 15 is 0 Å². The lowest BCUT2D eigenvalue weighted by Crippen LogP contribution is -2.40. The van der Waals surface area contributed by atoms with Gasteiger partial charge in [0.25, 0.3) is 11.8 Å². The van der Waals surface area contributed by atoms with Crippen molar-refractivity contribution >= 4 is 50.5 Å². The molecule has 0 radical (unpaired) electrons. The molecule has 4 nitrogen and oxygen atoms in total. The molecule has 0 spiro atoms. The number of fused-ring (bicyclic) bond motifs is 1. The molecule has 0 bridgehead atoms. The molecule has 134 valence electrons. The van der Waals surface area contributed by atoms with Crippen LogP contribution in [-0.2, 0) is 0 Å². The van der Waals surface area contributed by atoms with E-state index in [0.29, 0.717) is 21.2 Å². The van der Waals surface area contributed by atoms with Crippen LogP contribution in [0, 0.1) is 0 Å². The quantitative estimate of drug-likeness (QED) is 0.638. The summed E-state index contributed by atoms with van der Waals surface area (Å²) in [4.78, 5) is 25.2. The molecule has 6 heteroatoms. The molecule has 0 unspecified atom stereocenters. The van der Waals surface area contributed by atoms with Crippen LogP contribution in [0.3, 0.4) is 0 Å². The average molecular weight is 387 g/mol. The summed E-state index contributed by atoms with van der Waals surface area (Å²) in [5.74, 6) is -0.411. The van der Waals surface area contributed by atoms with Gasteiger partial charge in [-0.1, -0.05) is 29.8 Å². The number of amides is 2. The van der Waals surface area contributed by atoms with E-state index in [1.54, 1.807) is 24.3 Å². The van der Waals surface area contributed by atoms with Crippen molar-refractivity contribution in [1.29, 1.82) is 0 Å². The highest BCUT2D eigenvalue weighted by atomic mass is 35.5. The number of benzene rings is 2. The number of hydrogen-bond acceptors (Lipinski definition) is 3. The van der Waals surface area contributed by atoms with Crippen molar-refractivity contribution in [2.45, 2.75) is 26.3 Å². The maximum absolute atomic E-state index is 12.5. The van der Waals surface area contributed by atoms with Gasteiger partial charge in [-0.25, -0.2) is 0 Å². The monoisotopic (exact) mass is 386 g/mol. The van der Waals surface area contributed by atoms with Gasteiger partial charge in [0, 0.05) is 26.9 Å². The van der Waals surface area contributed by atoms with Gasteiger partial charge in [-0.3, -0.25) is 9.59 Å². The molecule has 0 atom stereocenters. The lowest BCUT2D eigenvalue weighted by Gasteiger charge is -2.20. The highest BCUT2D eigenvalue weighted by Crippen LogP contribution is 2.35. The van der Waals surface area contributed by atoms with Gasteiger partial charge < -0.3 is 10.6 Å². The standard InChI is InChI=1S/C20H19ClN2O2S/c1-20(2,3)23-18(24)12-8-10-13(11-9-12)22-19(25)17-16(21)14-6-4-5-7-15(14)26-17/h4-11H,1-3H3,(H,22,25)(H,23,24). The van der Waals surface area contributed by atoms with Crippen LogP contribution in [-0.4, -0.2) is 17.4 Å². The third kappa shape index (κ3) is 4.06. The van der Waals surface area contributed by atoms with Crippen LogP contribution in [0.4, 0.5) is 5.69 Å². The Morgan fingerprint density at radius 1 is 0.962 bits per heavy atom. The summed E-state index contributed by atoms with van der Waals surface area (Å²) in [6, 6.07) is 14.4. The Bertz CT molecular complexity index is 972. The van der Waals surface area contributed by atoms with Crippen molar-refractivity contribution in [3.63, 3.8) is 0 Å². The van der Waals surface area contributed by atoms with Crippen LogP contribution in [0.15, 0.2) is 48.5 Å². The minimum Gasteiger partial charge on any atom is -0.347 e. The normalized spacial score (nSPS) is 11.4. The molecule has 2 amide bonds. The second-order valence-corrected chi connectivity index (χ2v) is 8.41. The summed E-state index contributed by atoms with van der Waals surface area (Å²) in [7, 11) is 0. The Morgan fingerprint density at radius 2 is 1.62 bits per heavy atom. The Balaban J connectivity index is 1.75. The molecule has 0 saturated carbocycles. The molecular weight excluding hydrogens is 368 g/mol. The summed E-state index contributed by atoms with van der Waals surface area (Å²) >= 11 is 7.70. The molecular formula is C20H19ClN2O2S. The van der Waals surface area contributed by atoms with Crippen LogP contribution in [0.5, 0.6) is 0 Å². The first-order valence-electron chi connectivity index (χ1n) is 8.15. The fraction of sp³-hybridized carbons (Fsp3) is 0.200. The van der Waals surface area contributed by atoms with Gasteiger partial charge >= 0.3 is 0 Å². The third-order valence-electron chi connectivity index (χ3n) is 3.63. The SMILES string of the molecule is CC(C)(C)NC(=O)c1ccc(NC(=O)c2sc3ccccc3c2Cl)cc1. The molecule has 1 aromatic heterocycles. The second kappa shape index (κ2) is 7.09. The maximum Gasteiger partial charge on any atom is 0.267 e. The highest BCUT2D eigenvalue weighted by molar-refractivity contribution is 7.21. The van der Waals surface area contributed by atoms with Gasteiger partial charge in [0.2, 0.25) is 0 Å². The van der Waals surface area contributed by atoms with Crippen molar-refractivity contribution < 1.29 is 9.59 Å². The van der Waals surface area contributed by atoms with E-state index in [1.165, 1.54) is 11.3 Å². The van der Waals surface area contributed by atoms with Gasteiger partial charge in [-0.2, -0.15) is 0 Å². The van der Waals surface area contributed by atoms with Crippen LogP contribution in [0.1, 0.15) is 40.8 Å². The molecule has 0 fully saturated rings. The molecule has 2 N–H and O–H groups in total. The summed E-state index contributed by atoms with van der Waals surface area (Å²) in [5, 5.41) is 7.07. The topological polar surface area (TPSA) is 58.2 Å². The number of thiophene rings is 1. The van der Waals surface area contributed by atoms with Crippen molar-refractivity contribution in [3.8, 4) is 0 Å². The Hall–Kier alpha value is -2.37. The second-order valence-electron chi connectivity index (χ2n) is 6.98. The van der Waals surface area contributed by atoms with Gasteiger partial charge in [0.05, 0.1) is 5.02 Å². The zero-order chi connectivity index (χ0) is 18.9. The fourth-order valence-corrected chi connectivity index (χ4v) is 3.88. The minimum absolute atomic E-state index is 0.150. The Kier molecular flexibility index (Phi) is 5.03. The maximum atomic E-state index is 12.5. The highest BCUT2D eigenvalue weighted by Gasteiger charge is 2.18. The molecule has 3 aromatic rings. The third-order valence-corrected chi connectivity index (χ3v) is 5.31. The summed E-state index contributed by atoms with van der Waals surface area (Å²) in [6.07, 6.45) is 0. The van der Waals surface area contributed by atoms with E-state index in [-0.39, 0.29) is 17.4 Å². The number of anilines is 1. The summed E-state index contributed by atoms with van der Waals surface area (Å²) in [6.45, 7) is 5.77. The molecule has 0 aliphatic heterocycles. The first kappa shape index (κ1) is 18.4. The lowest BCUT2D eigenvalue weighted by atomic mass is 10.1. The van der Waals surface area contributed by atoms with Crippen molar-refractivity contribution in [2.75, 3.05) is 5.32 Å². The van der Waals surface area contributed by atoms with Crippen LogP contribution in [0.25, 0.3) is 10.1 Å². The predicted molar refractivity (Wildman–Crippen MR) is 108 cm³/mol. The number of rotatable bonds is 3. The minimum atomic E-state index is -0.304. The Morgan fingerprint density at radius 3 is 2.23 bits per heavy atom. The molecule has 0 aliphatic carbocycles. The fourth-order valence-electron chi connectivity index (χ4n) is 2.47. The number of carbonyl (C=O) groups excluding carboxylic acids is 2. The average Bonchev–Trinajstić information content (AvgIpc) is 2.91. The lowest BCUT2D eigenvalue weighted by molar-refractivity contribution is 0.0919. The van der Waals surface area contributed by atoms with Crippen LogP contribution in [0.2, 0.25) is 5.02 Å². The number of hydrogen-bond donors (Lipinski definition) is 2. The van der Waals surface area contributed by atoms with Crippen molar-refractivity contribution in [2.24, 2.45) is 0 Å². The van der Waals surface area contributed by atoms with Gasteiger partial charge in [0.1, 0.15) is 4.88 Å². The number of halogens is 1. The van der Waals surface area contributed by atoms with Crippen LogP contribution < -0.4 is 10.6 Å². The van der Waals surface area contributed by atoms with Crippen molar-refractivity contribution in [3.05, 3.63) is 64.0 Å². The smallest absolute Gasteiger partial charge is 0.267 e. The zero-order valence-corrected chi connectivity index (χ0v) is 16.3. The number of nitrogens with one attached hydrogen (secondary N) is 2. The van der Waals surface area contributed by atoms with Crippen LogP contribution >= 0.6 is 22.9 Å². The first-order valence-corrected chi connectivity index (χ1v) is 9.35. The van der Waals surface area contributed by atoms with E-state index in [2.05, 4.69) is 10.6 Å². The molecule has 1 heterocycles. The Labute approximate surface area is 161 Å². The molecule has 0 saturated heterocycles. The van der Waals surface area contributed by atoms with E-state index in [9.17, 15) is 9.59 Å². The summed E-state index contributed by atoms with van der Waals surface area (Å²) in [5.41, 5.74) is 0.843. The number of carbonyl (C=O) groups is 2. The summed E-state index contributed by atoms with van der Waals surface area (Å²) < 4.78 is 0.969. The van der Waals surface area contributed by atoms with E-state index in [0.717, 1.165) is 10.1 Å². The van der Waals surface area contributed by atoms with E-state index in [1.807, 2.05) is 45.0 Å². The van der Waals surface area contributed by atoms with Crippen molar-refractivity contribution in [1.82, 2.24) is 5.32 Å². The first-order chi connectivity index (χ1) is 12.2. The van der Waals surface area contributed by atoms with Gasteiger partial charge in [-0.05, 0) is 51.1 Å². The largest absolute Gasteiger partial charge is 0.347 e. The molecule has 0 aliphatic rings. The molecule has 3 rings (SSSR count). The zero-order valence-electron chi connectivity index (χ0n) is 14.7. The van der Waals surface area contributed by atoms with Gasteiger partial charge in [0.15, 0.2) is 0 Å².